The van der Waals surface area contributed by atoms with E-state index in [0.29, 0.717) is 5.56 Å². The van der Waals surface area contributed by atoms with Crippen molar-refractivity contribution < 1.29 is 49.4 Å². The summed E-state index contributed by atoms with van der Waals surface area (Å²) in [4.78, 5) is 11.5. The Kier molecular flexibility index (Phi) is 8.47. The first-order valence-corrected chi connectivity index (χ1v) is 9.60. The van der Waals surface area contributed by atoms with Crippen molar-refractivity contribution in [3.05, 3.63) is 71.8 Å². The Balaban J connectivity index is 2.41. The largest absolute Gasteiger partial charge is 0.392 e. The molecule has 0 unspecified atom stereocenters. The van der Waals surface area contributed by atoms with Crippen LogP contribution in [-0.4, -0.2) is 41.6 Å². The summed E-state index contributed by atoms with van der Waals surface area (Å²) in [7, 11) is 0. The van der Waals surface area contributed by atoms with Gasteiger partial charge in [0.25, 0.3) is 0 Å². The molecule has 33 heavy (non-hydrogen) atoms. The number of aldehydes is 1. The molecule has 0 saturated heterocycles. The third kappa shape index (κ3) is 5.82. The molecule has 0 fully saturated rings. The Morgan fingerprint density at radius 3 is 1.55 bits per heavy atom. The van der Waals surface area contributed by atoms with E-state index in [-0.39, 0.29) is 11.8 Å². The molecule has 182 valence electrons. The van der Waals surface area contributed by atoms with E-state index in [1.165, 1.54) is 54.6 Å². The lowest BCUT2D eigenvalue weighted by molar-refractivity contribution is -0.373. The maximum atomic E-state index is 14.8. The number of benzene rings is 2. The minimum Gasteiger partial charge on any atom is -0.364 e. The molecule has 0 radical (unpaired) electrons. The lowest BCUT2D eigenvalue weighted by atomic mass is 9.96. The molecule has 0 bridgehead atoms. The van der Waals surface area contributed by atoms with Crippen molar-refractivity contribution in [3.63, 3.8) is 0 Å². The molecule has 0 aliphatic carbocycles. The third-order valence-electron chi connectivity index (χ3n) is 4.52. The van der Waals surface area contributed by atoms with E-state index in [2.05, 4.69) is 11.6 Å². The van der Waals surface area contributed by atoms with Gasteiger partial charge in [0.05, 0.1) is 13.2 Å². The number of ether oxygens (including phenoxy) is 2. The summed E-state index contributed by atoms with van der Waals surface area (Å²) in [6.45, 7) is -1.42. The van der Waals surface area contributed by atoms with Crippen molar-refractivity contribution in [2.45, 2.75) is 48.6 Å². The van der Waals surface area contributed by atoms with Gasteiger partial charge >= 0.3 is 23.1 Å². The highest BCUT2D eigenvalue weighted by molar-refractivity contribution is 6.22. The van der Waals surface area contributed by atoms with Gasteiger partial charge in [-0.1, -0.05) is 60.7 Å². The van der Waals surface area contributed by atoms with E-state index in [1.54, 1.807) is 6.07 Å². The van der Waals surface area contributed by atoms with E-state index in [4.69, 9.17) is 9.47 Å². The smallest absolute Gasteiger partial charge is 0.364 e. The first-order chi connectivity index (χ1) is 15.3. The van der Waals surface area contributed by atoms with E-state index in [1.807, 2.05) is 0 Å². The fraction of sp³-hybridized carbons (Fsp3) is 0.381. The average Bonchev–Trinajstić information content (AvgIpc) is 2.76. The Hall–Kier alpha value is -2.24. The second-order valence-corrected chi connectivity index (χ2v) is 7.36. The van der Waals surface area contributed by atoms with Crippen molar-refractivity contribution in [3.8, 4) is 0 Å². The van der Waals surface area contributed by atoms with Gasteiger partial charge in [-0.25, -0.2) is 0 Å². The van der Waals surface area contributed by atoms with Crippen LogP contribution in [0.5, 0.6) is 0 Å². The Morgan fingerprint density at radius 2 is 1.15 bits per heavy atom. The number of rotatable bonds is 12. The molecule has 0 N–H and O–H groups in total. The van der Waals surface area contributed by atoms with E-state index in [9.17, 15) is 39.9 Å². The molecule has 0 amide bonds. The summed E-state index contributed by atoms with van der Waals surface area (Å²) in [5.41, 5.74) is 0.461. The van der Waals surface area contributed by atoms with Crippen LogP contribution in [0, 0.1) is 0 Å². The summed E-state index contributed by atoms with van der Waals surface area (Å²) in [6, 6.07) is 14.6. The Bertz CT molecular complexity index is 891. The number of carbonyl (C=O) groups excluding carboxylic acids is 1. The highest BCUT2D eigenvalue weighted by Crippen LogP contribution is 2.55. The van der Waals surface area contributed by atoms with Crippen molar-refractivity contribution in [2.24, 2.45) is 0 Å². The van der Waals surface area contributed by atoms with Crippen molar-refractivity contribution in [1.29, 1.82) is 0 Å². The van der Waals surface area contributed by atoms with Crippen LogP contribution in [0.2, 0.25) is 0 Å². The number of halogens is 9. The zero-order chi connectivity index (χ0) is 24.9. The van der Waals surface area contributed by atoms with Crippen LogP contribution in [0.15, 0.2) is 60.7 Å². The predicted molar refractivity (Wildman–Crippen MR) is 102 cm³/mol. The normalized spacial score (nSPS) is 15.2. The minimum atomic E-state index is -6.73. The summed E-state index contributed by atoms with van der Waals surface area (Å²) >= 11 is 4.01. The van der Waals surface area contributed by atoms with Gasteiger partial charge in [-0.2, -0.15) is 35.1 Å². The van der Waals surface area contributed by atoms with Crippen LogP contribution in [0.3, 0.4) is 0 Å². The highest BCUT2D eigenvalue weighted by Gasteiger charge is 2.82. The van der Waals surface area contributed by atoms with Crippen molar-refractivity contribution in [1.82, 2.24) is 0 Å². The molecule has 0 aliphatic rings. The summed E-state index contributed by atoms with van der Waals surface area (Å²) in [6.07, 6.45) is -6.27. The minimum absolute atomic E-state index is 0.142. The lowest BCUT2D eigenvalue weighted by Gasteiger charge is -2.39. The van der Waals surface area contributed by atoms with Gasteiger partial charge in [0, 0.05) is 0 Å². The molecule has 2 atom stereocenters. The van der Waals surface area contributed by atoms with Gasteiger partial charge in [0.1, 0.15) is 6.10 Å². The molecular formula is C21H17ClF8O3. The molecule has 3 nitrogen and oxygen atoms in total. The van der Waals surface area contributed by atoms with Crippen LogP contribution >= 0.6 is 11.6 Å². The molecule has 0 aliphatic heterocycles. The SMILES string of the molecule is O=C[C@H](OCc1ccccc1)[C@@H](OCc1ccccc1)C(F)(F)C(F)(F)C(F)(F)C(F)(F)Cl. The van der Waals surface area contributed by atoms with Crippen LogP contribution in [-0.2, 0) is 27.5 Å². The molecule has 12 heteroatoms. The van der Waals surface area contributed by atoms with Crippen LogP contribution < -0.4 is 0 Å². The van der Waals surface area contributed by atoms with Crippen molar-refractivity contribution >= 4 is 17.9 Å². The second-order valence-electron chi connectivity index (χ2n) is 6.88. The quantitative estimate of drug-likeness (QED) is 0.199. The van der Waals surface area contributed by atoms with E-state index >= 15 is 0 Å². The monoisotopic (exact) mass is 504 g/mol. The summed E-state index contributed by atoms with van der Waals surface area (Å²) in [5.74, 6) is -19.5. The van der Waals surface area contributed by atoms with Gasteiger partial charge in [0.15, 0.2) is 12.4 Å². The summed E-state index contributed by atoms with van der Waals surface area (Å²) in [5, 5.41) is -6.04. The van der Waals surface area contributed by atoms with Gasteiger partial charge in [-0.3, -0.25) is 0 Å². The zero-order valence-corrected chi connectivity index (χ0v) is 17.3. The predicted octanol–water partition coefficient (Wildman–Crippen LogP) is 6.09. The van der Waals surface area contributed by atoms with Gasteiger partial charge in [-0.05, 0) is 22.7 Å². The molecule has 2 aromatic rings. The molecular weight excluding hydrogens is 488 g/mol. The molecule has 2 aromatic carbocycles. The maximum Gasteiger partial charge on any atom is 0.392 e. The van der Waals surface area contributed by atoms with Gasteiger partial charge in [0.2, 0.25) is 0 Å². The number of alkyl halides is 9. The molecule has 2 rings (SSSR count). The Labute approximate surface area is 188 Å². The summed E-state index contributed by atoms with van der Waals surface area (Å²) < 4.78 is 121. The highest BCUT2D eigenvalue weighted by atomic mass is 35.5. The molecule has 0 spiro atoms. The third-order valence-corrected chi connectivity index (χ3v) is 4.75. The zero-order valence-electron chi connectivity index (χ0n) is 16.5. The maximum absolute atomic E-state index is 14.8. The average molecular weight is 505 g/mol. The van der Waals surface area contributed by atoms with Gasteiger partial charge < -0.3 is 14.3 Å². The lowest BCUT2D eigenvalue weighted by Crippen LogP contribution is -2.66. The second kappa shape index (κ2) is 10.4. The van der Waals surface area contributed by atoms with Crippen molar-refractivity contribution in [2.75, 3.05) is 0 Å². The molecule has 0 aromatic heterocycles. The van der Waals surface area contributed by atoms with E-state index < -0.39 is 48.6 Å². The number of carbonyl (C=O) groups is 1. The molecule has 0 saturated carbocycles. The standard InChI is InChI=1S/C21H17ClF8O3/c22-21(29,30)20(27,28)19(25,26)18(23,24)17(33-13-15-9-5-2-6-10-15)16(11-31)32-12-14-7-3-1-4-8-14/h1-11,16-17H,12-13H2/t16-,17+/m0/s1. The van der Waals surface area contributed by atoms with Crippen LogP contribution in [0.25, 0.3) is 0 Å². The Morgan fingerprint density at radius 1 is 0.727 bits per heavy atom. The fourth-order valence-corrected chi connectivity index (χ4v) is 2.82. The van der Waals surface area contributed by atoms with Gasteiger partial charge in [-0.15, -0.1) is 0 Å². The van der Waals surface area contributed by atoms with E-state index in [0.717, 1.165) is 0 Å². The number of hydrogen-bond acceptors (Lipinski definition) is 3. The topological polar surface area (TPSA) is 35.5 Å². The first-order valence-electron chi connectivity index (χ1n) is 9.22. The van der Waals surface area contributed by atoms with Crippen LogP contribution in [0.1, 0.15) is 11.1 Å². The van der Waals surface area contributed by atoms with Crippen LogP contribution in [0.4, 0.5) is 35.1 Å². The number of hydrogen-bond donors (Lipinski definition) is 0. The molecule has 0 heterocycles. The first kappa shape index (κ1) is 27.0. The fourth-order valence-electron chi connectivity index (χ4n) is 2.70.